The molecule has 0 spiro atoms. The predicted molar refractivity (Wildman–Crippen MR) is 74.5 cm³/mol. The minimum Gasteiger partial charge on any atom is -0.478 e. The molecule has 1 amide bonds. The van der Waals surface area contributed by atoms with Crippen LogP contribution in [0.25, 0.3) is 0 Å². The van der Waals surface area contributed by atoms with E-state index < -0.39 is 5.97 Å². The molecule has 0 aliphatic carbocycles. The minimum atomic E-state index is -1.07. The third-order valence-electron chi connectivity index (χ3n) is 2.78. The van der Waals surface area contributed by atoms with Gasteiger partial charge in [0.25, 0.3) is 5.91 Å². The van der Waals surface area contributed by atoms with E-state index in [2.05, 4.69) is 15.9 Å². The number of benzene rings is 1. The molecule has 19 heavy (non-hydrogen) atoms. The van der Waals surface area contributed by atoms with E-state index in [1.807, 2.05) is 6.92 Å². The Morgan fingerprint density at radius 2 is 1.95 bits per heavy atom. The fourth-order valence-electron chi connectivity index (χ4n) is 1.59. The molecule has 0 saturated carbocycles. The van der Waals surface area contributed by atoms with Gasteiger partial charge in [0.1, 0.15) is 0 Å². The third-order valence-corrected chi connectivity index (χ3v) is 3.24. The molecule has 5 nitrogen and oxygen atoms in total. The van der Waals surface area contributed by atoms with Gasteiger partial charge in [-0.05, 0) is 25.1 Å². The molecule has 104 valence electrons. The average molecular weight is 330 g/mol. The fourth-order valence-corrected chi connectivity index (χ4v) is 2.09. The van der Waals surface area contributed by atoms with E-state index in [1.54, 1.807) is 20.2 Å². The highest BCUT2D eigenvalue weighted by Crippen LogP contribution is 2.18. The van der Waals surface area contributed by atoms with Crippen molar-refractivity contribution in [3.8, 4) is 0 Å². The van der Waals surface area contributed by atoms with Gasteiger partial charge in [-0.25, -0.2) is 4.79 Å². The maximum atomic E-state index is 12.2. The molecule has 0 fully saturated rings. The van der Waals surface area contributed by atoms with Crippen LogP contribution in [-0.2, 0) is 4.74 Å². The predicted octanol–water partition coefficient (Wildman–Crippen LogP) is 2.25. The number of hydrogen-bond donors (Lipinski definition) is 1. The zero-order valence-electron chi connectivity index (χ0n) is 11.0. The van der Waals surface area contributed by atoms with Gasteiger partial charge in [0.2, 0.25) is 0 Å². The number of methoxy groups -OCH3 is 1. The van der Waals surface area contributed by atoms with Gasteiger partial charge in [-0.15, -0.1) is 0 Å². The third kappa shape index (κ3) is 4.04. The maximum absolute atomic E-state index is 12.2. The molecular formula is C13H16BrNO4. The first-order chi connectivity index (χ1) is 8.86. The van der Waals surface area contributed by atoms with Crippen molar-refractivity contribution in [2.24, 2.45) is 0 Å². The van der Waals surface area contributed by atoms with Gasteiger partial charge < -0.3 is 14.7 Å². The smallest absolute Gasteiger partial charge is 0.335 e. The van der Waals surface area contributed by atoms with E-state index in [-0.39, 0.29) is 17.5 Å². The van der Waals surface area contributed by atoms with Crippen LogP contribution in [0.15, 0.2) is 22.7 Å². The number of carbonyl (C=O) groups is 2. The van der Waals surface area contributed by atoms with Crippen molar-refractivity contribution in [1.82, 2.24) is 4.90 Å². The van der Waals surface area contributed by atoms with Crippen LogP contribution in [0.4, 0.5) is 0 Å². The van der Waals surface area contributed by atoms with E-state index in [0.29, 0.717) is 16.6 Å². The van der Waals surface area contributed by atoms with Gasteiger partial charge >= 0.3 is 5.97 Å². The zero-order valence-corrected chi connectivity index (χ0v) is 12.6. The molecule has 1 atom stereocenters. The average Bonchev–Trinajstić information content (AvgIpc) is 2.36. The molecule has 1 rings (SSSR count). The Morgan fingerprint density at radius 3 is 2.47 bits per heavy atom. The minimum absolute atomic E-state index is 0.0746. The Morgan fingerprint density at radius 1 is 1.37 bits per heavy atom. The molecule has 1 unspecified atom stereocenters. The lowest BCUT2D eigenvalue weighted by atomic mass is 10.1. The first kappa shape index (κ1) is 15.7. The summed E-state index contributed by atoms with van der Waals surface area (Å²) in [6.07, 6.45) is 0. The molecule has 0 saturated heterocycles. The van der Waals surface area contributed by atoms with Crippen molar-refractivity contribution < 1.29 is 19.4 Å². The van der Waals surface area contributed by atoms with Gasteiger partial charge in [0.05, 0.1) is 18.2 Å². The highest BCUT2D eigenvalue weighted by molar-refractivity contribution is 9.10. The maximum Gasteiger partial charge on any atom is 0.335 e. The monoisotopic (exact) mass is 329 g/mol. The number of ether oxygens (including phenoxy) is 1. The number of hydrogen-bond acceptors (Lipinski definition) is 3. The second-order valence-electron chi connectivity index (χ2n) is 4.25. The summed E-state index contributed by atoms with van der Waals surface area (Å²) in [7, 11) is 3.23. The fraction of sp³-hybridized carbons (Fsp3) is 0.385. The quantitative estimate of drug-likeness (QED) is 0.899. The molecule has 0 radical (unpaired) electrons. The van der Waals surface area contributed by atoms with Crippen LogP contribution in [0.3, 0.4) is 0 Å². The molecule has 0 aliphatic heterocycles. The number of halogens is 1. The van der Waals surface area contributed by atoms with E-state index in [0.717, 1.165) is 0 Å². The van der Waals surface area contributed by atoms with Crippen LogP contribution in [0.5, 0.6) is 0 Å². The summed E-state index contributed by atoms with van der Waals surface area (Å²) in [6, 6.07) is 4.33. The van der Waals surface area contributed by atoms with Crippen molar-refractivity contribution in [2.75, 3.05) is 20.8 Å². The SMILES string of the molecule is COCC(C)N(C)C(=O)c1cc(Br)cc(C(=O)O)c1. The normalized spacial score (nSPS) is 12.0. The van der Waals surface area contributed by atoms with E-state index in [4.69, 9.17) is 9.84 Å². The van der Waals surface area contributed by atoms with Gasteiger partial charge in [-0.2, -0.15) is 0 Å². The summed E-state index contributed by atoms with van der Waals surface area (Å²) in [4.78, 5) is 24.7. The summed E-state index contributed by atoms with van der Waals surface area (Å²) >= 11 is 3.21. The van der Waals surface area contributed by atoms with Crippen LogP contribution in [-0.4, -0.2) is 48.7 Å². The van der Waals surface area contributed by atoms with Crippen LogP contribution in [0.2, 0.25) is 0 Å². The molecule has 0 aliphatic rings. The van der Waals surface area contributed by atoms with Gasteiger partial charge in [0, 0.05) is 24.2 Å². The highest BCUT2D eigenvalue weighted by atomic mass is 79.9. The topological polar surface area (TPSA) is 66.8 Å². The zero-order chi connectivity index (χ0) is 14.6. The molecule has 1 aromatic carbocycles. The van der Waals surface area contributed by atoms with Crippen LogP contribution in [0.1, 0.15) is 27.6 Å². The number of carbonyl (C=O) groups excluding carboxylic acids is 1. The number of aromatic carboxylic acids is 1. The van der Waals surface area contributed by atoms with Gasteiger partial charge in [-0.1, -0.05) is 15.9 Å². The van der Waals surface area contributed by atoms with E-state index >= 15 is 0 Å². The van der Waals surface area contributed by atoms with E-state index in [1.165, 1.54) is 17.0 Å². The number of likely N-dealkylation sites (N-methyl/N-ethyl adjacent to an activating group) is 1. The molecule has 0 bridgehead atoms. The summed E-state index contributed by atoms with van der Waals surface area (Å²) in [6.45, 7) is 2.28. The Hall–Kier alpha value is -1.40. The van der Waals surface area contributed by atoms with Gasteiger partial charge in [-0.3, -0.25) is 4.79 Å². The lowest BCUT2D eigenvalue weighted by molar-refractivity contribution is 0.0633. The van der Waals surface area contributed by atoms with Crippen LogP contribution >= 0.6 is 15.9 Å². The summed E-state index contributed by atoms with van der Waals surface area (Å²) in [5.41, 5.74) is 0.405. The van der Waals surface area contributed by atoms with Crippen molar-refractivity contribution in [3.63, 3.8) is 0 Å². The number of rotatable bonds is 5. The molecular weight excluding hydrogens is 314 g/mol. The van der Waals surface area contributed by atoms with Crippen molar-refractivity contribution in [3.05, 3.63) is 33.8 Å². The highest BCUT2D eigenvalue weighted by Gasteiger charge is 2.19. The molecule has 0 aromatic heterocycles. The van der Waals surface area contributed by atoms with Crippen LogP contribution in [0, 0.1) is 0 Å². The number of nitrogens with zero attached hydrogens (tertiary/aromatic N) is 1. The Labute approximate surface area is 120 Å². The lowest BCUT2D eigenvalue weighted by Crippen LogP contribution is -2.37. The Bertz CT molecular complexity index is 490. The number of carboxylic acid groups (broad SMARTS) is 1. The van der Waals surface area contributed by atoms with Crippen molar-refractivity contribution in [1.29, 1.82) is 0 Å². The van der Waals surface area contributed by atoms with Gasteiger partial charge in [0.15, 0.2) is 0 Å². The van der Waals surface area contributed by atoms with E-state index in [9.17, 15) is 9.59 Å². The summed E-state index contributed by atoms with van der Waals surface area (Å²) in [5.74, 6) is -1.31. The molecule has 1 aromatic rings. The molecule has 0 heterocycles. The number of carboxylic acids is 1. The van der Waals surface area contributed by atoms with Crippen molar-refractivity contribution >= 4 is 27.8 Å². The largest absolute Gasteiger partial charge is 0.478 e. The van der Waals surface area contributed by atoms with Crippen molar-refractivity contribution in [2.45, 2.75) is 13.0 Å². The Kier molecular flexibility index (Phi) is 5.50. The second kappa shape index (κ2) is 6.68. The molecule has 6 heteroatoms. The lowest BCUT2D eigenvalue weighted by Gasteiger charge is -2.24. The second-order valence-corrected chi connectivity index (χ2v) is 5.17. The van der Waals surface area contributed by atoms with Crippen LogP contribution < -0.4 is 0 Å². The molecule has 1 N–H and O–H groups in total. The summed E-state index contributed by atoms with van der Waals surface area (Å²) < 4.78 is 5.56. The first-order valence-corrected chi connectivity index (χ1v) is 6.46. The first-order valence-electron chi connectivity index (χ1n) is 5.66. The number of amides is 1. The standard InChI is InChI=1S/C13H16BrNO4/c1-8(7-19-3)15(2)12(16)9-4-10(13(17)18)6-11(14)5-9/h4-6,8H,7H2,1-3H3,(H,17,18). The summed E-state index contributed by atoms with van der Waals surface area (Å²) in [5, 5.41) is 8.98. The Balaban J connectivity index is 3.02.